The lowest BCUT2D eigenvalue weighted by atomic mass is 11.0. The average Bonchev–Trinajstić information content (AvgIpc) is 2.06. The summed E-state index contributed by atoms with van der Waals surface area (Å²) in [6.45, 7) is 6.94. The first kappa shape index (κ1) is 13.5. The third kappa shape index (κ3) is 5.08. The molecule has 0 heterocycles. The first-order chi connectivity index (χ1) is 5.89. The highest BCUT2D eigenvalue weighted by atomic mass is 31.2. The number of hydrogen-bond donors (Lipinski definition) is 0. The molecule has 0 fully saturated rings. The summed E-state index contributed by atoms with van der Waals surface area (Å²) in [7, 11) is 1.94. The van der Waals surface area contributed by atoms with Crippen LogP contribution in [0.2, 0.25) is 6.04 Å². The van der Waals surface area contributed by atoms with E-state index in [0.717, 1.165) is 12.2 Å². The molecule has 0 unspecified atom stereocenters. The highest BCUT2D eigenvalue weighted by Gasteiger charge is 2.40. The summed E-state index contributed by atoms with van der Waals surface area (Å²) in [6.07, 6.45) is 1.16. The topological polar surface area (TPSA) is 27.7 Å². The van der Waals surface area contributed by atoms with Gasteiger partial charge in [0.1, 0.15) is 0 Å². The van der Waals surface area contributed by atoms with Crippen LogP contribution in [-0.4, -0.2) is 56.3 Å². The summed E-state index contributed by atoms with van der Waals surface area (Å²) in [5.41, 5.74) is 0. The summed E-state index contributed by atoms with van der Waals surface area (Å²) < 4.78 is 16.0. The van der Waals surface area contributed by atoms with Gasteiger partial charge >= 0.3 is 8.80 Å². The quantitative estimate of drug-likeness (QED) is 0.509. The molecule has 0 aromatic heterocycles. The number of rotatable bonds is 6. The Bertz CT molecular complexity index is 135. The van der Waals surface area contributed by atoms with Gasteiger partial charge in [-0.2, -0.15) is 0 Å². The van der Waals surface area contributed by atoms with E-state index in [-0.39, 0.29) is 0 Å². The molecule has 13 heavy (non-hydrogen) atoms. The molecule has 0 atom stereocenters. The SMILES string of the molecule is CO[Si](CC[P+](C)(C)C)(OC)OC. The zero-order valence-corrected chi connectivity index (χ0v) is 11.5. The standard InChI is InChI=1S/C8H22O3PSi/c1-9-13(10-2,11-3)8-7-12(4,5)6/h7-8H2,1-6H3/q+1. The molecular formula is C8H22O3PSi+. The van der Waals surface area contributed by atoms with Gasteiger partial charge in [0.2, 0.25) is 0 Å². The van der Waals surface area contributed by atoms with E-state index >= 15 is 0 Å². The van der Waals surface area contributed by atoms with Crippen LogP contribution in [0.4, 0.5) is 0 Å². The highest BCUT2D eigenvalue weighted by molar-refractivity contribution is 7.73. The van der Waals surface area contributed by atoms with E-state index in [2.05, 4.69) is 20.0 Å². The molecule has 0 aromatic rings. The minimum atomic E-state index is -2.30. The van der Waals surface area contributed by atoms with Gasteiger partial charge < -0.3 is 13.3 Å². The lowest BCUT2D eigenvalue weighted by molar-refractivity contribution is 0.125. The molecule has 0 aliphatic heterocycles. The van der Waals surface area contributed by atoms with Crippen molar-refractivity contribution in [3.63, 3.8) is 0 Å². The van der Waals surface area contributed by atoms with Gasteiger partial charge in [-0.25, -0.2) is 0 Å². The Morgan fingerprint density at radius 3 is 1.54 bits per heavy atom. The average molecular weight is 225 g/mol. The molecule has 0 amide bonds. The molecule has 80 valence electrons. The smallest absolute Gasteiger partial charge is 0.377 e. The molecule has 0 N–H and O–H groups in total. The molecular weight excluding hydrogens is 203 g/mol. The van der Waals surface area contributed by atoms with E-state index in [9.17, 15) is 0 Å². The third-order valence-corrected chi connectivity index (χ3v) is 6.74. The maximum Gasteiger partial charge on any atom is 0.503 e. The Morgan fingerprint density at radius 1 is 0.923 bits per heavy atom. The van der Waals surface area contributed by atoms with Crippen LogP contribution in [0.15, 0.2) is 0 Å². The summed E-state index contributed by atoms with van der Waals surface area (Å²) in [5.74, 6) is 0. The van der Waals surface area contributed by atoms with E-state index in [1.54, 1.807) is 21.3 Å². The van der Waals surface area contributed by atoms with Gasteiger partial charge in [-0.1, -0.05) is 0 Å². The van der Waals surface area contributed by atoms with Crippen LogP contribution in [0, 0.1) is 0 Å². The van der Waals surface area contributed by atoms with Gasteiger partial charge in [0.15, 0.2) is 0 Å². The fourth-order valence-corrected chi connectivity index (χ4v) is 5.92. The monoisotopic (exact) mass is 225 g/mol. The second kappa shape index (κ2) is 5.42. The van der Waals surface area contributed by atoms with Crippen molar-refractivity contribution in [3.8, 4) is 0 Å². The van der Waals surface area contributed by atoms with E-state index in [0.29, 0.717) is 0 Å². The lowest BCUT2D eigenvalue weighted by Crippen LogP contribution is -2.43. The van der Waals surface area contributed by atoms with Gasteiger partial charge in [0.25, 0.3) is 0 Å². The first-order valence-electron chi connectivity index (χ1n) is 4.35. The van der Waals surface area contributed by atoms with Crippen LogP contribution in [0.25, 0.3) is 0 Å². The molecule has 0 aliphatic rings. The predicted octanol–water partition coefficient (Wildman–Crippen LogP) is 1.77. The molecule has 0 saturated heterocycles. The van der Waals surface area contributed by atoms with Crippen LogP contribution in [0.3, 0.4) is 0 Å². The van der Waals surface area contributed by atoms with Gasteiger partial charge in [-0.05, 0) is 0 Å². The zero-order valence-electron chi connectivity index (χ0n) is 9.59. The largest absolute Gasteiger partial charge is 0.503 e. The van der Waals surface area contributed by atoms with E-state index in [1.807, 2.05) is 0 Å². The van der Waals surface area contributed by atoms with E-state index in [1.165, 1.54) is 0 Å². The van der Waals surface area contributed by atoms with Crippen molar-refractivity contribution >= 4 is 16.1 Å². The molecule has 0 spiro atoms. The summed E-state index contributed by atoms with van der Waals surface area (Å²) in [6, 6.07) is 0.924. The Kier molecular flexibility index (Phi) is 5.64. The molecule has 0 bridgehead atoms. The Hall–Kier alpha value is 0.527. The first-order valence-corrected chi connectivity index (χ1v) is 9.60. The van der Waals surface area contributed by atoms with Gasteiger partial charge in [0, 0.05) is 48.6 Å². The van der Waals surface area contributed by atoms with Crippen LogP contribution in [-0.2, 0) is 13.3 Å². The molecule has 0 saturated carbocycles. The molecule has 0 aliphatic carbocycles. The van der Waals surface area contributed by atoms with Gasteiger partial charge in [0.05, 0.1) is 12.2 Å². The predicted molar refractivity (Wildman–Crippen MR) is 61.1 cm³/mol. The van der Waals surface area contributed by atoms with Gasteiger partial charge in [-0.3, -0.25) is 0 Å². The lowest BCUT2D eigenvalue weighted by Gasteiger charge is -2.25. The molecule has 0 radical (unpaired) electrons. The van der Waals surface area contributed by atoms with Crippen LogP contribution < -0.4 is 0 Å². The minimum Gasteiger partial charge on any atom is -0.377 e. The minimum absolute atomic E-state index is 0.757. The van der Waals surface area contributed by atoms with Crippen LogP contribution in [0.1, 0.15) is 0 Å². The maximum atomic E-state index is 5.34. The van der Waals surface area contributed by atoms with Crippen molar-refractivity contribution in [1.29, 1.82) is 0 Å². The Morgan fingerprint density at radius 2 is 1.31 bits per heavy atom. The maximum absolute atomic E-state index is 5.34. The van der Waals surface area contributed by atoms with Crippen LogP contribution in [0.5, 0.6) is 0 Å². The molecule has 3 nitrogen and oxygen atoms in total. The van der Waals surface area contributed by atoms with Crippen LogP contribution >= 0.6 is 7.26 Å². The Labute approximate surface area is 83.5 Å². The normalized spacial score (nSPS) is 13.4. The summed E-state index contributed by atoms with van der Waals surface area (Å²) in [5, 5.41) is 0. The fraction of sp³-hybridized carbons (Fsp3) is 1.00. The van der Waals surface area contributed by atoms with Crippen molar-refractivity contribution in [2.24, 2.45) is 0 Å². The van der Waals surface area contributed by atoms with Crippen molar-refractivity contribution in [2.75, 3.05) is 47.5 Å². The zero-order chi connectivity index (χ0) is 10.5. The fourth-order valence-electron chi connectivity index (χ4n) is 1.03. The molecule has 0 rings (SSSR count). The van der Waals surface area contributed by atoms with Crippen molar-refractivity contribution in [3.05, 3.63) is 0 Å². The highest BCUT2D eigenvalue weighted by Crippen LogP contribution is 2.48. The number of hydrogen-bond acceptors (Lipinski definition) is 3. The van der Waals surface area contributed by atoms with Crippen molar-refractivity contribution in [1.82, 2.24) is 0 Å². The second-order valence-corrected chi connectivity index (χ2v) is 12.2. The second-order valence-electron chi connectivity index (χ2n) is 4.06. The molecule has 5 heteroatoms. The summed E-state index contributed by atoms with van der Waals surface area (Å²) in [4.78, 5) is 0. The van der Waals surface area contributed by atoms with Crippen molar-refractivity contribution < 1.29 is 13.3 Å². The summed E-state index contributed by atoms with van der Waals surface area (Å²) >= 11 is 0. The van der Waals surface area contributed by atoms with E-state index < -0.39 is 16.1 Å². The Balaban J connectivity index is 4.11. The molecule has 0 aromatic carbocycles. The third-order valence-electron chi connectivity index (χ3n) is 2.02. The van der Waals surface area contributed by atoms with Gasteiger partial charge in [-0.15, -0.1) is 0 Å². The van der Waals surface area contributed by atoms with E-state index in [4.69, 9.17) is 13.3 Å². The van der Waals surface area contributed by atoms with Crippen molar-refractivity contribution in [2.45, 2.75) is 6.04 Å².